The van der Waals surface area contributed by atoms with Crippen LogP contribution in [0.3, 0.4) is 0 Å². The van der Waals surface area contributed by atoms with Crippen LogP contribution in [0, 0.1) is 0 Å². The Kier molecular flexibility index (Phi) is 6.10. The Morgan fingerprint density at radius 2 is 0.829 bits per heavy atom. The summed E-state index contributed by atoms with van der Waals surface area (Å²) in [6.07, 6.45) is 2.12. The van der Waals surface area contributed by atoms with Gasteiger partial charge in [0.05, 0.1) is 0 Å². The molecular formula is C33H27PPd. The monoisotopic (exact) mass is 560 g/mol. The van der Waals surface area contributed by atoms with E-state index in [0.717, 1.165) is 4.89 Å². The quantitative estimate of drug-likeness (QED) is 0.111. The van der Waals surface area contributed by atoms with Gasteiger partial charge in [0.15, 0.2) is 0 Å². The molecule has 0 unspecified atom stereocenters. The number of rotatable bonds is 6. The van der Waals surface area contributed by atoms with E-state index in [1.807, 2.05) is 0 Å². The number of benzene rings is 6. The van der Waals surface area contributed by atoms with Crippen LogP contribution in [-0.2, 0) is 17.5 Å². The molecule has 6 aromatic carbocycles. The minimum atomic E-state index is -2.46. The van der Waals surface area contributed by atoms with Crippen molar-refractivity contribution in [3.63, 3.8) is 0 Å². The van der Waals surface area contributed by atoms with E-state index in [-0.39, 0.29) is 0 Å². The Hall–Kier alpha value is -3.07. The molecule has 0 bridgehead atoms. The zero-order valence-electron chi connectivity index (χ0n) is 19.4. The van der Waals surface area contributed by atoms with Crippen LogP contribution < -0.4 is 15.9 Å². The van der Waals surface area contributed by atoms with Crippen molar-refractivity contribution in [2.24, 2.45) is 0 Å². The third-order valence-corrected chi connectivity index (χ3v) is 18.3. The minimum absolute atomic E-state index is 0.465. The molecule has 0 saturated heterocycles. The van der Waals surface area contributed by atoms with Crippen molar-refractivity contribution in [3.8, 4) is 0 Å². The number of hydrogen-bond acceptors (Lipinski definition) is 0. The summed E-state index contributed by atoms with van der Waals surface area (Å²) in [5.74, 6) is 0. The molecule has 174 valence electrons. The molecule has 0 heterocycles. The van der Waals surface area contributed by atoms with E-state index in [1.54, 1.807) is 0 Å². The van der Waals surface area contributed by atoms with Crippen molar-refractivity contribution in [2.45, 2.75) is 4.89 Å². The molecule has 0 aliphatic carbocycles. The molecule has 0 nitrogen and oxygen atoms in total. The molecular weight excluding hydrogens is 534 g/mol. The molecule has 35 heavy (non-hydrogen) atoms. The molecule has 0 aliphatic heterocycles. The normalized spacial score (nSPS) is 12.3. The third-order valence-electron chi connectivity index (χ3n) is 6.76. The molecule has 0 saturated carbocycles. The van der Waals surface area contributed by atoms with Crippen LogP contribution in [0.4, 0.5) is 0 Å². The SMILES string of the molecule is C=C[CH2][Pd][PH](c1cccc2ccccc12)(c1cccc2ccccc12)c1cccc2ccccc12. The van der Waals surface area contributed by atoms with Crippen LogP contribution >= 0.6 is 5.45 Å². The summed E-state index contributed by atoms with van der Waals surface area (Å²) in [4.78, 5) is 1.02. The van der Waals surface area contributed by atoms with E-state index in [9.17, 15) is 0 Å². The number of allylic oxidation sites excluding steroid dienone is 1. The van der Waals surface area contributed by atoms with Gasteiger partial charge in [0.25, 0.3) is 0 Å². The summed E-state index contributed by atoms with van der Waals surface area (Å²) in [5, 5.41) is 12.6. The number of hydrogen-bond donors (Lipinski definition) is 0. The first-order valence-electron chi connectivity index (χ1n) is 11.9. The summed E-state index contributed by atoms with van der Waals surface area (Å²) in [7, 11) is 0. The van der Waals surface area contributed by atoms with Gasteiger partial charge in [-0.05, 0) is 0 Å². The molecule has 0 radical (unpaired) electrons. The fraction of sp³-hybridized carbons (Fsp3) is 0.0303. The van der Waals surface area contributed by atoms with Crippen LogP contribution in [0.5, 0.6) is 0 Å². The molecule has 0 N–H and O–H groups in total. The Morgan fingerprint density at radius 3 is 1.20 bits per heavy atom. The topological polar surface area (TPSA) is 0 Å². The van der Waals surface area contributed by atoms with Gasteiger partial charge in [-0.1, -0.05) is 0 Å². The average Bonchev–Trinajstić information content (AvgIpc) is 2.93. The first-order valence-corrected chi connectivity index (χ1v) is 17.2. The first-order chi connectivity index (χ1) is 17.3. The van der Waals surface area contributed by atoms with Crippen LogP contribution in [-0.4, -0.2) is 0 Å². The maximum atomic E-state index is 4.17. The second kappa shape index (κ2) is 9.53. The standard InChI is InChI=1S/C30H21P.C3H5.Pd/c1-4-16-25-22(10-1)13-7-19-28(25)31(29-20-8-14-23-11-2-5-17-26(23)29)30-21-9-15-24-12-3-6-18-27(24)30;1-3-2;/h1-21H;3H,1-2H2;/q;;-1/p+1. The first kappa shape index (κ1) is 22.4. The third kappa shape index (κ3) is 3.76. The fourth-order valence-corrected chi connectivity index (χ4v) is 17.3. The van der Waals surface area contributed by atoms with Gasteiger partial charge in [0.1, 0.15) is 0 Å². The molecule has 0 amide bonds. The van der Waals surface area contributed by atoms with Gasteiger partial charge in [0.2, 0.25) is 0 Å². The molecule has 0 atom stereocenters. The summed E-state index contributed by atoms with van der Waals surface area (Å²) >= 11 is 0.465. The fourth-order valence-electron chi connectivity index (χ4n) is 5.30. The van der Waals surface area contributed by atoms with Crippen molar-refractivity contribution in [2.75, 3.05) is 0 Å². The summed E-state index contributed by atoms with van der Waals surface area (Å²) in [5.41, 5.74) is -2.46. The van der Waals surface area contributed by atoms with Crippen LogP contribution in [0.25, 0.3) is 32.3 Å². The van der Waals surface area contributed by atoms with E-state index < -0.39 is 5.45 Å². The molecule has 0 spiro atoms. The predicted molar refractivity (Wildman–Crippen MR) is 154 cm³/mol. The van der Waals surface area contributed by atoms with Gasteiger partial charge in [0, 0.05) is 0 Å². The van der Waals surface area contributed by atoms with Crippen molar-refractivity contribution < 1.29 is 17.5 Å². The molecule has 0 fully saturated rings. The van der Waals surface area contributed by atoms with Crippen LogP contribution in [0.2, 0.25) is 4.89 Å². The van der Waals surface area contributed by atoms with Crippen molar-refractivity contribution in [1.29, 1.82) is 0 Å². The van der Waals surface area contributed by atoms with Gasteiger partial charge < -0.3 is 0 Å². The predicted octanol–water partition coefficient (Wildman–Crippen LogP) is 7.77. The maximum absolute atomic E-state index is 4.17. The van der Waals surface area contributed by atoms with Gasteiger partial charge in [-0.15, -0.1) is 0 Å². The van der Waals surface area contributed by atoms with Crippen molar-refractivity contribution in [1.82, 2.24) is 0 Å². The zero-order chi connectivity index (χ0) is 23.7. The molecule has 0 aromatic heterocycles. The number of fused-ring (bicyclic) bond motifs is 3. The second-order valence-electron chi connectivity index (χ2n) is 8.72. The van der Waals surface area contributed by atoms with Crippen molar-refractivity contribution >= 4 is 53.7 Å². The Morgan fingerprint density at radius 1 is 0.486 bits per heavy atom. The molecule has 2 heteroatoms. The zero-order valence-corrected chi connectivity index (χ0v) is 22.0. The van der Waals surface area contributed by atoms with E-state index in [0.29, 0.717) is 17.5 Å². The Balaban J connectivity index is 1.84. The van der Waals surface area contributed by atoms with Gasteiger partial charge >= 0.3 is 216 Å². The van der Waals surface area contributed by atoms with E-state index >= 15 is 0 Å². The average molecular weight is 561 g/mol. The summed E-state index contributed by atoms with van der Waals surface area (Å²) in [6, 6.07) is 47.6. The Bertz CT molecular complexity index is 1480. The second-order valence-corrected chi connectivity index (χ2v) is 17.6. The molecule has 6 aromatic rings. The summed E-state index contributed by atoms with van der Waals surface area (Å²) < 4.78 is 0. The molecule has 0 aliphatic rings. The molecule has 6 rings (SSSR count). The van der Waals surface area contributed by atoms with E-state index in [2.05, 4.69) is 140 Å². The Labute approximate surface area is 215 Å². The van der Waals surface area contributed by atoms with Crippen molar-refractivity contribution in [3.05, 3.63) is 140 Å². The van der Waals surface area contributed by atoms with Gasteiger partial charge in [-0.25, -0.2) is 0 Å². The van der Waals surface area contributed by atoms with Crippen LogP contribution in [0.15, 0.2) is 140 Å². The van der Waals surface area contributed by atoms with Gasteiger partial charge in [-0.3, -0.25) is 0 Å². The van der Waals surface area contributed by atoms with E-state index in [1.165, 1.54) is 48.2 Å². The van der Waals surface area contributed by atoms with Crippen LogP contribution in [0.1, 0.15) is 0 Å². The van der Waals surface area contributed by atoms with E-state index in [4.69, 9.17) is 0 Å². The van der Waals surface area contributed by atoms with Gasteiger partial charge in [-0.2, -0.15) is 0 Å². The summed E-state index contributed by atoms with van der Waals surface area (Å²) in [6.45, 7) is 4.17.